The summed E-state index contributed by atoms with van der Waals surface area (Å²) in [5, 5.41) is 9.40. The Bertz CT molecular complexity index is 805. The number of nitrogens with zero attached hydrogens (tertiary/aromatic N) is 1. The van der Waals surface area contributed by atoms with Crippen molar-refractivity contribution in [1.29, 1.82) is 0 Å². The van der Waals surface area contributed by atoms with Crippen molar-refractivity contribution in [3.63, 3.8) is 0 Å². The molecular weight excluding hydrogens is 321 g/mol. The smallest absolute Gasteiger partial charge is 0.312 e. The van der Waals surface area contributed by atoms with E-state index in [2.05, 4.69) is 0 Å². The zero-order chi connectivity index (χ0) is 18.0. The van der Waals surface area contributed by atoms with Crippen molar-refractivity contribution in [3.05, 3.63) is 65.5 Å². The van der Waals surface area contributed by atoms with Crippen LogP contribution >= 0.6 is 0 Å². The molecule has 0 saturated heterocycles. The first-order valence-corrected chi connectivity index (χ1v) is 8.35. The number of carbonyl (C=O) groups is 2. The second-order valence-corrected chi connectivity index (χ2v) is 6.43. The number of aliphatic carboxylic acids is 1. The molecular formula is C20H20FNO3. The molecule has 1 N–H and O–H groups in total. The summed E-state index contributed by atoms with van der Waals surface area (Å²) in [4.78, 5) is 25.8. The van der Waals surface area contributed by atoms with E-state index in [1.54, 1.807) is 54.3 Å². The van der Waals surface area contributed by atoms with Gasteiger partial charge in [0.1, 0.15) is 11.7 Å². The summed E-state index contributed by atoms with van der Waals surface area (Å²) >= 11 is 0. The Hall–Kier alpha value is -2.69. The third-order valence-electron chi connectivity index (χ3n) is 4.76. The second kappa shape index (κ2) is 7.05. The Morgan fingerprint density at radius 2 is 1.88 bits per heavy atom. The standard InChI is InChI=1S/C20H20FNO3/c1-13(10-11-14-6-2-4-8-17(14)21)19(23)22-12-16(20(24)25)15-7-3-5-9-18(15)22/h2-9,13,16H,10-12H2,1H3,(H,24,25). The first-order chi connectivity index (χ1) is 12.0. The van der Waals surface area contributed by atoms with Crippen LogP contribution in [0, 0.1) is 11.7 Å². The fourth-order valence-electron chi connectivity index (χ4n) is 3.29. The minimum Gasteiger partial charge on any atom is -0.481 e. The highest BCUT2D eigenvalue weighted by Crippen LogP contribution is 2.37. The fourth-order valence-corrected chi connectivity index (χ4v) is 3.29. The summed E-state index contributed by atoms with van der Waals surface area (Å²) < 4.78 is 13.7. The van der Waals surface area contributed by atoms with Gasteiger partial charge in [0.2, 0.25) is 5.91 Å². The van der Waals surface area contributed by atoms with Crippen molar-refractivity contribution in [3.8, 4) is 0 Å². The van der Waals surface area contributed by atoms with Crippen LogP contribution in [-0.4, -0.2) is 23.5 Å². The molecule has 0 bridgehead atoms. The lowest BCUT2D eigenvalue weighted by molar-refractivity contribution is -0.138. The summed E-state index contributed by atoms with van der Waals surface area (Å²) in [7, 11) is 0. The van der Waals surface area contributed by atoms with Crippen molar-refractivity contribution in [2.75, 3.05) is 11.4 Å². The maximum Gasteiger partial charge on any atom is 0.312 e. The lowest BCUT2D eigenvalue weighted by atomic mass is 9.99. The monoisotopic (exact) mass is 341 g/mol. The summed E-state index contributed by atoms with van der Waals surface area (Å²) in [6.45, 7) is 1.96. The Kier molecular flexibility index (Phi) is 4.83. The van der Waals surface area contributed by atoms with E-state index in [1.165, 1.54) is 6.07 Å². The topological polar surface area (TPSA) is 57.6 Å². The van der Waals surface area contributed by atoms with Crippen LogP contribution < -0.4 is 4.90 Å². The zero-order valence-corrected chi connectivity index (χ0v) is 14.0. The number of aryl methyl sites for hydroxylation is 1. The van der Waals surface area contributed by atoms with Crippen LogP contribution in [0.5, 0.6) is 0 Å². The number of amides is 1. The van der Waals surface area contributed by atoms with E-state index in [1.807, 2.05) is 0 Å². The predicted octanol–water partition coefficient (Wildman–Crippen LogP) is 3.61. The van der Waals surface area contributed by atoms with Crippen molar-refractivity contribution < 1.29 is 19.1 Å². The van der Waals surface area contributed by atoms with E-state index in [0.29, 0.717) is 29.7 Å². The maximum absolute atomic E-state index is 13.7. The van der Waals surface area contributed by atoms with Gasteiger partial charge in [-0.3, -0.25) is 9.59 Å². The van der Waals surface area contributed by atoms with Gasteiger partial charge in [-0.2, -0.15) is 0 Å². The van der Waals surface area contributed by atoms with Gasteiger partial charge in [-0.15, -0.1) is 0 Å². The number of hydrogen-bond acceptors (Lipinski definition) is 2. The van der Waals surface area contributed by atoms with E-state index in [9.17, 15) is 19.1 Å². The summed E-state index contributed by atoms with van der Waals surface area (Å²) in [5.41, 5.74) is 1.93. The third kappa shape index (κ3) is 3.40. The normalized spacial score (nSPS) is 17.2. The number of para-hydroxylation sites is 1. The van der Waals surface area contributed by atoms with Crippen LogP contribution in [0.1, 0.15) is 30.4 Å². The average molecular weight is 341 g/mol. The Morgan fingerprint density at radius 3 is 2.60 bits per heavy atom. The Morgan fingerprint density at radius 1 is 1.20 bits per heavy atom. The molecule has 2 aromatic carbocycles. The predicted molar refractivity (Wildman–Crippen MR) is 93.1 cm³/mol. The van der Waals surface area contributed by atoms with Gasteiger partial charge in [0, 0.05) is 18.2 Å². The first-order valence-electron chi connectivity index (χ1n) is 8.35. The Balaban J connectivity index is 1.72. The molecule has 0 aliphatic carbocycles. The molecule has 1 aliphatic rings. The van der Waals surface area contributed by atoms with Crippen LogP contribution in [0.25, 0.3) is 0 Å². The largest absolute Gasteiger partial charge is 0.481 e. The minimum atomic E-state index is -0.929. The number of rotatable bonds is 5. The molecule has 25 heavy (non-hydrogen) atoms. The van der Waals surface area contributed by atoms with Crippen molar-refractivity contribution in [1.82, 2.24) is 0 Å². The van der Waals surface area contributed by atoms with Crippen molar-refractivity contribution in [2.24, 2.45) is 5.92 Å². The van der Waals surface area contributed by atoms with E-state index < -0.39 is 11.9 Å². The van der Waals surface area contributed by atoms with Crippen LogP contribution in [0.2, 0.25) is 0 Å². The van der Waals surface area contributed by atoms with Crippen LogP contribution in [0.4, 0.5) is 10.1 Å². The van der Waals surface area contributed by atoms with Gasteiger partial charge in [0.05, 0.1) is 0 Å². The molecule has 0 saturated carbocycles. The van der Waals surface area contributed by atoms with E-state index in [-0.39, 0.29) is 24.2 Å². The number of carboxylic acid groups (broad SMARTS) is 1. The van der Waals surface area contributed by atoms with Crippen LogP contribution in [-0.2, 0) is 16.0 Å². The van der Waals surface area contributed by atoms with E-state index in [4.69, 9.17) is 0 Å². The number of carboxylic acids is 1. The summed E-state index contributed by atoms with van der Waals surface area (Å²) in [6, 6.07) is 13.7. The molecule has 130 valence electrons. The number of carbonyl (C=O) groups excluding carboxylic acids is 1. The first kappa shape index (κ1) is 17.1. The number of fused-ring (bicyclic) bond motifs is 1. The van der Waals surface area contributed by atoms with Gasteiger partial charge in [-0.25, -0.2) is 4.39 Å². The molecule has 0 radical (unpaired) electrons. The molecule has 0 fully saturated rings. The van der Waals surface area contributed by atoms with Gasteiger partial charge < -0.3 is 10.0 Å². The fraction of sp³-hybridized carbons (Fsp3) is 0.300. The van der Waals surface area contributed by atoms with E-state index in [0.717, 1.165) is 0 Å². The lowest BCUT2D eigenvalue weighted by Gasteiger charge is -2.22. The molecule has 0 spiro atoms. The molecule has 2 atom stereocenters. The number of halogens is 1. The summed E-state index contributed by atoms with van der Waals surface area (Å²) in [5.74, 6) is -2.33. The Labute approximate surface area is 145 Å². The zero-order valence-electron chi connectivity index (χ0n) is 14.0. The molecule has 1 heterocycles. The molecule has 4 nitrogen and oxygen atoms in total. The maximum atomic E-state index is 13.7. The highest BCUT2D eigenvalue weighted by atomic mass is 19.1. The van der Waals surface area contributed by atoms with Gasteiger partial charge >= 0.3 is 5.97 Å². The van der Waals surface area contributed by atoms with E-state index >= 15 is 0 Å². The second-order valence-electron chi connectivity index (χ2n) is 6.43. The van der Waals surface area contributed by atoms with Crippen LogP contribution in [0.15, 0.2) is 48.5 Å². The molecule has 3 rings (SSSR count). The van der Waals surface area contributed by atoms with Crippen molar-refractivity contribution >= 4 is 17.6 Å². The minimum absolute atomic E-state index is 0.118. The number of anilines is 1. The highest BCUT2D eigenvalue weighted by Gasteiger charge is 2.37. The highest BCUT2D eigenvalue weighted by molar-refractivity contribution is 5.99. The molecule has 2 unspecified atom stereocenters. The van der Waals surface area contributed by atoms with Crippen molar-refractivity contribution in [2.45, 2.75) is 25.7 Å². The number of hydrogen-bond donors (Lipinski definition) is 1. The van der Waals surface area contributed by atoms with Gasteiger partial charge in [-0.1, -0.05) is 43.3 Å². The SMILES string of the molecule is CC(CCc1ccccc1F)C(=O)N1CC(C(=O)O)c2ccccc21. The molecule has 2 aromatic rings. The van der Waals surface area contributed by atoms with Crippen LogP contribution in [0.3, 0.4) is 0 Å². The van der Waals surface area contributed by atoms with Gasteiger partial charge in [-0.05, 0) is 36.1 Å². The lowest BCUT2D eigenvalue weighted by Crippen LogP contribution is -2.35. The molecule has 1 amide bonds. The number of benzene rings is 2. The average Bonchev–Trinajstić information content (AvgIpc) is 3.00. The third-order valence-corrected chi connectivity index (χ3v) is 4.76. The molecule has 5 heteroatoms. The summed E-state index contributed by atoms with van der Waals surface area (Å²) in [6.07, 6.45) is 0.980. The quantitative estimate of drug-likeness (QED) is 0.904. The van der Waals surface area contributed by atoms with Gasteiger partial charge in [0.15, 0.2) is 0 Å². The molecule has 1 aliphatic heterocycles. The molecule has 0 aromatic heterocycles. The van der Waals surface area contributed by atoms with Gasteiger partial charge in [0.25, 0.3) is 0 Å².